The fourth-order valence-electron chi connectivity index (χ4n) is 1.01. The third kappa shape index (κ3) is 3.96. The molecule has 0 aliphatic rings. The summed E-state index contributed by atoms with van der Waals surface area (Å²) in [6.07, 6.45) is 3.12. The molecule has 4 nitrogen and oxygen atoms in total. The zero-order chi connectivity index (χ0) is 12.0. The third-order valence-corrected chi connectivity index (χ3v) is 1.92. The summed E-state index contributed by atoms with van der Waals surface area (Å²) in [5.74, 6) is -0.231. The smallest absolute Gasteiger partial charge is 0.250 e. The van der Waals surface area contributed by atoms with Gasteiger partial charge in [-0.15, -0.1) is 0 Å². The molecule has 1 aromatic carbocycles. The molecule has 0 heterocycles. The fourth-order valence-corrected chi connectivity index (χ4v) is 1.01. The maximum Gasteiger partial charge on any atom is 0.250 e. The largest absolute Gasteiger partial charge is 0.349 e. The molecule has 0 radical (unpaired) electrons. The molecule has 0 aliphatic carbocycles. The zero-order valence-electron chi connectivity index (χ0n) is 9.40. The second-order valence-corrected chi connectivity index (χ2v) is 3.48. The van der Waals surface area contributed by atoms with Gasteiger partial charge in [0.1, 0.15) is 0 Å². The Labute approximate surface area is 95.1 Å². The highest BCUT2D eigenvalue weighted by Gasteiger charge is 2.01. The summed E-state index contributed by atoms with van der Waals surface area (Å²) in [6, 6.07) is 9.53. The van der Waals surface area contributed by atoms with Crippen molar-refractivity contribution < 1.29 is 4.79 Å². The average molecular weight is 217 g/mol. The summed E-state index contributed by atoms with van der Waals surface area (Å²) in [5.41, 5.74) is 0.953. The molecular weight excluding hydrogens is 202 g/mol. The Bertz CT molecular complexity index is 396. The molecule has 4 heteroatoms. The van der Waals surface area contributed by atoms with Gasteiger partial charge in [-0.05, 0) is 11.6 Å². The van der Waals surface area contributed by atoms with Gasteiger partial charge < -0.3 is 4.90 Å². The highest BCUT2D eigenvalue weighted by atomic mass is 16.1. The summed E-state index contributed by atoms with van der Waals surface area (Å²) in [4.78, 5) is 12.9. The first-order valence-electron chi connectivity index (χ1n) is 4.89. The van der Waals surface area contributed by atoms with E-state index in [1.807, 2.05) is 30.3 Å². The molecule has 0 unspecified atom stereocenters. The quantitative estimate of drug-likeness (QED) is 0.446. The van der Waals surface area contributed by atoms with Gasteiger partial charge in [-0.25, -0.2) is 0 Å². The molecule has 0 fully saturated rings. The van der Waals surface area contributed by atoms with E-state index in [0.29, 0.717) is 0 Å². The molecule has 0 bridgehead atoms. The molecule has 1 rings (SSSR count). The number of hydrogen-bond acceptors (Lipinski definition) is 2. The monoisotopic (exact) mass is 217 g/mol. The van der Waals surface area contributed by atoms with Gasteiger partial charge >= 0.3 is 0 Å². The van der Waals surface area contributed by atoms with E-state index < -0.39 is 0 Å². The van der Waals surface area contributed by atoms with Crippen molar-refractivity contribution in [2.24, 2.45) is 0 Å². The van der Waals surface area contributed by atoms with Crippen LogP contribution >= 0.6 is 0 Å². The molecule has 0 aliphatic heterocycles. The van der Waals surface area contributed by atoms with Crippen molar-refractivity contribution in [3.63, 3.8) is 0 Å². The highest BCUT2D eigenvalue weighted by molar-refractivity contribution is 6.02. The molecule has 1 amide bonds. The van der Waals surface area contributed by atoms with Crippen LogP contribution in [0.3, 0.4) is 0 Å². The van der Waals surface area contributed by atoms with E-state index in [1.165, 1.54) is 11.0 Å². The number of rotatable bonds is 2. The lowest BCUT2D eigenvalue weighted by Crippen LogP contribution is -2.38. The second-order valence-electron chi connectivity index (χ2n) is 3.48. The minimum Gasteiger partial charge on any atom is -0.349 e. The molecule has 16 heavy (non-hydrogen) atoms. The van der Waals surface area contributed by atoms with Crippen molar-refractivity contribution in [2.75, 3.05) is 14.1 Å². The van der Waals surface area contributed by atoms with Gasteiger partial charge in [-0.1, -0.05) is 30.3 Å². The summed E-state index contributed by atoms with van der Waals surface area (Å²) in [6.45, 7) is 0. The molecule has 0 saturated carbocycles. The van der Waals surface area contributed by atoms with Gasteiger partial charge in [0.2, 0.25) is 0 Å². The van der Waals surface area contributed by atoms with Crippen LogP contribution in [-0.4, -0.2) is 30.9 Å². The number of benzene rings is 1. The summed E-state index contributed by atoms with van der Waals surface area (Å²) in [7, 11) is 3.40. The fraction of sp³-hybridized carbons (Fsp3) is 0.167. The standard InChI is InChI=1S/C12H15N3O/c1-15(2)12(13)14-11(16)9-8-10-6-4-3-5-7-10/h3-9H,1-2H3,(H2,13,14,16). The Morgan fingerprint density at radius 2 is 1.94 bits per heavy atom. The number of nitrogens with one attached hydrogen (secondary N) is 2. The van der Waals surface area contributed by atoms with Crippen LogP contribution in [0.5, 0.6) is 0 Å². The molecule has 0 aromatic heterocycles. The summed E-state index contributed by atoms with van der Waals surface area (Å²) in [5, 5.41) is 9.85. The van der Waals surface area contributed by atoms with Gasteiger partial charge in [-0.3, -0.25) is 15.5 Å². The predicted molar refractivity (Wildman–Crippen MR) is 65.0 cm³/mol. The number of guanidine groups is 1. The van der Waals surface area contributed by atoms with Crippen LogP contribution in [0.4, 0.5) is 0 Å². The lowest BCUT2D eigenvalue weighted by molar-refractivity contribution is -0.115. The topological polar surface area (TPSA) is 56.2 Å². The maximum absolute atomic E-state index is 11.4. The average Bonchev–Trinajstić information content (AvgIpc) is 2.27. The summed E-state index contributed by atoms with van der Waals surface area (Å²) >= 11 is 0. The zero-order valence-corrected chi connectivity index (χ0v) is 9.40. The molecule has 0 saturated heterocycles. The van der Waals surface area contributed by atoms with E-state index in [9.17, 15) is 4.79 Å². The van der Waals surface area contributed by atoms with Crippen molar-refractivity contribution in [2.45, 2.75) is 0 Å². The number of carbonyl (C=O) groups excluding carboxylic acids is 1. The van der Waals surface area contributed by atoms with Crippen molar-refractivity contribution >= 4 is 17.9 Å². The first-order valence-corrected chi connectivity index (χ1v) is 4.89. The first-order chi connectivity index (χ1) is 7.59. The predicted octanol–water partition coefficient (Wildman–Crippen LogP) is 1.31. The minimum absolute atomic E-state index is 0.0720. The van der Waals surface area contributed by atoms with E-state index in [0.717, 1.165) is 5.56 Å². The van der Waals surface area contributed by atoms with Gasteiger partial charge in [-0.2, -0.15) is 0 Å². The van der Waals surface area contributed by atoms with E-state index in [4.69, 9.17) is 5.41 Å². The maximum atomic E-state index is 11.4. The van der Waals surface area contributed by atoms with Crippen LogP contribution < -0.4 is 5.32 Å². The van der Waals surface area contributed by atoms with E-state index >= 15 is 0 Å². The molecule has 1 aromatic rings. The third-order valence-electron chi connectivity index (χ3n) is 1.92. The Hall–Kier alpha value is -2.10. The molecule has 0 spiro atoms. The van der Waals surface area contributed by atoms with Crippen LogP contribution in [0.2, 0.25) is 0 Å². The van der Waals surface area contributed by atoms with Gasteiger partial charge in [0, 0.05) is 20.2 Å². The Morgan fingerprint density at radius 3 is 2.50 bits per heavy atom. The number of hydrogen-bond donors (Lipinski definition) is 2. The molecule has 84 valence electrons. The highest BCUT2D eigenvalue weighted by Crippen LogP contribution is 2.00. The van der Waals surface area contributed by atoms with Crippen molar-refractivity contribution in [3.05, 3.63) is 42.0 Å². The van der Waals surface area contributed by atoms with Crippen LogP contribution in [0.1, 0.15) is 5.56 Å². The molecular formula is C12H15N3O. The van der Waals surface area contributed by atoms with Crippen molar-refractivity contribution in [1.29, 1.82) is 5.41 Å². The molecule has 2 N–H and O–H groups in total. The Kier molecular flexibility index (Phi) is 4.27. The lowest BCUT2D eigenvalue weighted by atomic mass is 10.2. The van der Waals surface area contributed by atoms with Gasteiger partial charge in [0.25, 0.3) is 5.91 Å². The lowest BCUT2D eigenvalue weighted by Gasteiger charge is -2.12. The Morgan fingerprint density at radius 1 is 1.31 bits per heavy atom. The van der Waals surface area contributed by atoms with Crippen LogP contribution in [0.15, 0.2) is 36.4 Å². The van der Waals surface area contributed by atoms with Gasteiger partial charge in [0.05, 0.1) is 0 Å². The number of carbonyl (C=O) groups is 1. The number of amides is 1. The van der Waals surface area contributed by atoms with Crippen molar-refractivity contribution in [1.82, 2.24) is 10.2 Å². The van der Waals surface area contributed by atoms with Crippen LogP contribution in [0, 0.1) is 5.41 Å². The minimum atomic E-state index is -0.303. The van der Waals surface area contributed by atoms with Gasteiger partial charge in [0.15, 0.2) is 5.96 Å². The SMILES string of the molecule is CN(C)C(=N)NC(=O)C=Cc1ccccc1. The summed E-state index contributed by atoms with van der Waals surface area (Å²) < 4.78 is 0. The second kappa shape index (κ2) is 5.70. The van der Waals surface area contributed by atoms with E-state index in [-0.39, 0.29) is 11.9 Å². The van der Waals surface area contributed by atoms with E-state index in [1.54, 1.807) is 20.2 Å². The first kappa shape index (κ1) is 12.0. The van der Waals surface area contributed by atoms with Crippen LogP contribution in [-0.2, 0) is 4.79 Å². The van der Waals surface area contributed by atoms with Crippen LogP contribution in [0.25, 0.3) is 6.08 Å². The van der Waals surface area contributed by atoms with Crippen molar-refractivity contribution in [3.8, 4) is 0 Å². The number of nitrogens with zero attached hydrogens (tertiary/aromatic N) is 1. The molecule has 0 atom stereocenters. The normalized spacial score (nSPS) is 10.1. The van der Waals surface area contributed by atoms with E-state index in [2.05, 4.69) is 5.32 Å². The Balaban J connectivity index is 2.52.